The fourth-order valence-corrected chi connectivity index (χ4v) is 3.68. The van der Waals surface area contributed by atoms with Crippen molar-refractivity contribution in [2.24, 2.45) is 0 Å². The molecule has 0 saturated carbocycles. The number of phenolic OH excluding ortho intramolecular Hbond substituents is 2. The zero-order valence-electron chi connectivity index (χ0n) is 16.1. The van der Waals surface area contributed by atoms with Gasteiger partial charge in [-0.15, -0.1) is 0 Å². The minimum Gasteiger partial charge on any atom is -0.508 e. The number of phenols is 2. The predicted molar refractivity (Wildman–Crippen MR) is 112 cm³/mol. The fraction of sp³-hybridized carbons (Fsp3) is 0.360. The maximum Gasteiger partial charge on any atom is 0.118 e. The third-order valence-corrected chi connectivity index (χ3v) is 5.37. The van der Waals surface area contributed by atoms with E-state index in [1.165, 1.54) is 36.8 Å². The molecule has 0 heterocycles. The Labute approximate surface area is 162 Å². The van der Waals surface area contributed by atoms with Crippen molar-refractivity contribution in [2.75, 3.05) is 0 Å². The smallest absolute Gasteiger partial charge is 0.118 e. The highest BCUT2D eigenvalue weighted by molar-refractivity contribution is 5.43. The Morgan fingerprint density at radius 1 is 0.704 bits per heavy atom. The lowest BCUT2D eigenvalue weighted by Crippen LogP contribution is -2.01. The van der Waals surface area contributed by atoms with Crippen molar-refractivity contribution in [1.29, 1.82) is 0 Å². The van der Waals surface area contributed by atoms with Gasteiger partial charge in [-0.25, -0.2) is 0 Å². The Bertz CT molecular complexity index is 772. The van der Waals surface area contributed by atoms with Gasteiger partial charge in [0, 0.05) is 11.8 Å². The second-order valence-corrected chi connectivity index (χ2v) is 7.47. The van der Waals surface area contributed by atoms with Crippen LogP contribution in [0, 0.1) is 0 Å². The van der Waals surface area contributed by atoms with Crippen molar-refractivity contribution >= 4 is 0 Å². The Kier molecular flexibility index (Phi) is 6.75. The summed E-state index contributed by atoms with van der Waals surface area (Å²) in [7, 11) is 0. The molecule has 1 aliphatic rings. The van der Waals surface area contributed by atoms with Crippen LogP contribution in [0.15, 0.2) is 66.8 Å². The SMILES string of the molecule is CCCCCCCc1cc(C2C=CC(c3ccc(O)cc3)C=C2)ccc1O. The standard InChI is InChI=1S/C25H30O2/c1-2-3-4-5-6-7-23-18-22(14-17-25(23)27)21-10-8-19(9-11-21)20-12-15-24(26)16-13-20/h8-19,21,26-27H,2-7H2,1H3. The molecule has 0 aliphatic heterocycles. The quantitative estimate of drug-likeness (QED) is 0.410. The van der Waals surface area contributed by atoms with Gasteiger partial charge in [0.15, 0.2) is 0 Å². The van der Waals surface area contributed by atoms with Crippen LogP contribution in [0.3, 0.4) is 0 Å². The molecular weight excluding hydrogens is 332 g/mol. The largest absolute Gasteiger partial charge is 0.508 e. The van der Waals surface area contributed by atoms with Gasteiger partial charge in [0.2, 0.25) is 0 Å². The molecule has 0 spiro atoms. The molecule has 0 aromatic heterocycles. The van der Waals surface area contributed by atoms with Crippen molar-refractivity contribution in [3.63, 3.8) is 0 Å². The number of allylic oxidation sites excluding steroid dienone is 4. The molecule has 142 valence electrons. The van der Waals surface area contributed by atoms with Crippen LogP contribution in [0.2, 0.25) is 0 Å². The van der Waals surface area contributed by atoms with Gasteiger partial charge in [-0.2, -0.15) is 0 Å². The van der Waals surface area contributed by atoms with Crippen molar-refractivity contribution in [3.8, 4) is 11.5 Å². The maximum absolute atomic E-state index is 10.2. The van der Waals surface area contributed by atoms with E-state index in [1.807, 2.05) is 24.3 Å². The van der Waals surface area contributed by atoms with Crippen LogP contribution in [0.5, 0.6) is 11.5 Å². The minimum absolute atomic E-state index is 0.247. The molecule has 2 N–H and O–H groups in total. The molecule has 2 aromatic rings. The third kappa shape index (κ3) is 5.26. The molecule has 3 rings (SSSR count). The fourth-order valence-electron chi connectivity index (χ4n) is 3.68. The van der Waals surface area contributed by atoms with Crippen molar-refractivity contribution < 1.29 is 10.2 Å². The summed E-state index contributed by atoms with van der Waals surface area (Å²) in [5.41, 5.74) is 3.47. The highest BCUT2D eigenvalue weighted by Crippen LogP contribution is 2.32. The number of aryl methyl sites for hydroxylation is 1. The van der Waals surface area contributed by atoms with Gasteiger partial charge in [0.1, 0.15) is 11.5 Å². The summed E-state index contributed by atoms with van der Waals surface area (Å²) in [5.74, 6) is 1.21. The lowest BCUT2D eigenvalue weighted by molar-refractivity contribution is 0.465. The second kappa shape index (κ2) is 9.45. The van der Waals surface area contributed by atoms with E-state index in [1.54, 1.807) is 12.1 Å². The normalized spacial score (nSPS) is 18.7. The number of unbranched alkanes of at least 4 members (excludes halogenated alkanes) is 4. The van der Waals surface area contributed by atoms with E-state index >= 15 is 0 Å². The van der Waals surface area contributed by atoms with E-state index < -0.39 is 0 Å². The Morgan fingerprint density at radius 2 is 1.30 bits per heavy atom. The predicted octanol–water partition coefficient (Wildman–Crippen LogP) is 6.60. The molecule has 0 amide bonds. The van der Waals surface area contributed by atoms with Gasteiger partial charge >= 0.3 is 0 Å². The lowest BCUT2D eigenvalue weighted by Gasteiger charge is -2.18. The molecule has 27 heavy (non-hydrogen) atoms. The van der Waals surface area contributed by atoms with Gasteiger partial charge < -0.3 is 10.2 Å². The van der Waals surface area contributed by atoms with Crippen molar-refractivity contribution in [3.05, 3.63) is 83.5 Å². The highest BCUT2D eigenvalue weighted by Gasteiger charge is 2.14. The lowest BCUT2D eigenvalue weighted by atomic mass is 9.86. The van der Waals surface area contributed by atoms with E-state index in [9.17, 15) is 10.2 Å². The van der Waals surface area contributed by atoms with Crippen LogP contribution < -0.4 is 0 Å². The average Bonchev–Trinajstić information content (AvgIpc) is 2.70. The first-order chi connectivity index (χ1) is 13.2. The van der Waals surface area contributed by atoms with Gasteiger partial charge in [0.25, 0.3) is 0 Å². The van der Waals surface area contributed by atoms with Crippen molar-refractivity contribution in [2.45, 2.75) is 57.3 Å². The van der Waals surface area contributed by atoms with Gasteiger partial charge in [0.05, 0.1) is 0 Å². The molecule has 2 aromatic carbocycles. The molecule has 1 aliphatic carbocycles. The van der Waals surface area contributed by atoms with E-state index in [0.717, 1.165) is 18.4 Å². The molecule has 0 unspecified atom stereocenters. The number of benzene rings is 2. The van der Waals surface area contributed by atoms with Gasteiger partial charge in [-0.1, -0.05) is 81.2 Å². The summed E-state index contributed by atoms with van der Waals surface area (Å²) in [6.07, 6.45) is 16.0. The van der Waals surface area contributed by atoms with Crippen molar-refractivity contribution in [1.82, 2.24) is 0 Å². The topological polar surface area (TPSA) is 40.5 Å². The first-order valence-corrected chi connectivity index (χ1v) is 10.1. The Hall–Kier alpha value is -2.48. The summed E-state index contributed by atoms with van der Waals surface area (Å²) in [5, 5.41) is 19.6. The minimum atomic E-state index is 0.247. The molecule has 0 radical (unpaired) electrons. The molecule has 0 saturated heterocycles. The monoisotopic (exact) mass is 362 g/mol. The van der Waals surface area contributed by atoms with Crippen LogP contribution in [0.4, 0.5) is 0 Å². The molecule has 2 heteroatoms. The molecule has 0 atom stereocenters. The first-order valence-electron chi connectivity index (χ1n) is 10.1. The summed E-state index contributed by atoms with van der Waals surface area (Å²) in [6.45, 7) is 2.23. The van der Waals surface area contributed by atoms with E-state index in [-0.39, 0.29) is 11.8 Å². The van der Waals surface area contributed by atoms with Gasteiger partial charge in [-0.3, -0.25) is 0 Å². The number of aromatic hydroxyl groups is 2. The van der Waals surface area contributed by atoms with E-state index in [0.29, 0.717) is 11.5 Å². The molecule has 0 bridgehead atoms. The van der Waals surface area contributed by atoms with Crippen LogP contribution >= 0.6 is 0 Å². The molecule has 0 fully saturated rings. The van der Waals surface area contributed by atoms with Crippen LogP contribution in [-0.2, 0) is 6.42 Å². The number of hydrogen-bond acceptors (Lipinski definition) is 2. The Balaban J connectivity index is 1.63. The Morgan fingerprint density at radius 3 is 1.96 bits per heavy atom. The maximum atomic E-state index is 10.2. The zero-order valence-corrected chi connectivity index (χ0v) is 16.1. The number of hydrogen-bond donors (Lipinski definition) is 2. The molecule has 2 nitrogen and oxygen atoms in total. The zero-order chi connectivity index (χ0) is 19.1. The van der Waals surface area contributed by atoms with E-state index in [2.05, 4.69) is 37.3 Å². The summed E-state index contributed by atoms with van der Waals surface area (Å²) in [6, 6.07) is 13.4. The van der Waals surface area contributed by atoms with Crippen LogP contribution in [0.25, 0.3) is 0 Å². The van der Waals surface area contributed by atoms with Gasteiger partial charge in [-0.05, 0) is 47.7 Å². The first kappa shape index (κ1) is 19.3. The van der Waals surface area contributed by atoms with Crippen LogP contribution in [0.1, 0.15) is 67.6 Å². The summed E-state index contributed by atoms with van der Waals surface area (Å²) in [4.78, 5) is 0. The summed E-state index contributed by atoms with van der Waals surface area (Å²) >= 11 is 0. The molecular formula is C25H30O2. The highest BCUT2D eigenvalue weighted by atomic mass is 16.3. The third-order valence-electron chi connectivity index (χ3n) is 5.37. The average molecular weight is 363 g/mol. The number of rotatable bonds is 8. The van der Waals surface area contributed by atoms with E-state index in [4.69, 9.17) is 0 Å². The second-order valence-electron chi connectivity index (χ2n) is 7.47. The van der Waals surface area contributed by atoms with Crippen LogP contribution in [-0.4, -0.2) is 10.2 Å². The summed E-state index contributed by atoms with van der Waals surface area (Å²) < 4.78 is 0.